The summed E-state index contributed by atoms with van der Waals surface area (Å²) in [7, 11) is 0. The Morgan fingerprint density at radius 1 is 1.25 bits per heavy atom. The molecule has 6 heteroatoms. The molecule has 3 aromatic rings. The molecule has 24 heavy (non-hydrogen) atoms. The number of aromatic nitrogens is 1. The number of rotatable bonds is 5. The molecule has 0 atom stereocenters. The molecule has 0 amide bonds. The fourth-order valence-corrected chi connectivity index (χ4v) is 3.86. The monoisotopic (exact) mass is 355 g/mol. The number of aromatic hydroxyl groups is 1. The van der Waals surface area contributed by atoms with E-state index in [0.717, 1.165) is 21.1 Å². The van der Waals surface area contributed by atoms with E-state index < -0.39 is 0 Å². The average Bonchev–Trinajstić information content (AvgIpc) is 3.23. The second-order valence-corrected chi connectivity index (χ2v) is 6.81. The summed E-state index contributed by atoms with van der Waals surface area (Å²) in [6, 6.07) is 11.3. The van der Waals surface area contributed by atoms with Crippen molar-refractivity contribution in [1.82, 2.24) is 4.68 Å². The van der Waals surface area contributed by atoms with Crippen LogP contribution in [0.25, 0.3) is 10.6 Å². The van der Waals surface area contributed by atoms with Crippen molar-refractivity contribution in [3.8, 4) is 16.3 Å². The molecule has 4 nitrogen and oxygen atoms in total. The Hall–Kier alpha value is -2.44. The average molecular weight is 355 g/mol. The maximum Gasteiger partial charge on any atom is 0.206 e. The summed E-state index contributed by atoms with van der Waals surface area (Å²) in [4.78, 5) is 6.45. The molecular weight excluding hydrogens is 338 g/mol. The van der Waals surface area contributed by atoms with Crippen molar-refractivity contribution in [2.45, 2.75) is 6.92 Å². The molecule has 0 bridgehead atoms. The molecule has 0 unspecified atom stereocenters. The summed E-state index contributed by atoms with van der Waals surface area (Å²) in [5.74, 6) is 0.219. The predicted molar refractivity (Wildman–Crippen MR) is 102 cm³/mol. The fourth-order valence-electron chi connectivity index (χ4n) is 2.23. The van der Waals surface area contributed by atoms with Crippen LogP contribution in [0.2, 0.25) is 0 Å². The maximum absolute atomic E-state index is 10.1. The van der Waals surface area contributed by atoms with Crippen LogP contribution in [-0.2, 0) is 0 Å². The first-order valence-electron chi connectivity index (χ1n) is 7.40. The molecule has 0 saturated carbocycles. The van der Waals surface area contributed by atoms with E-state index in [-0.39, 0.29) is 5.75 Å². The van der Waals surface area contributed by atoms with E-state index in [1.807, 2.05) is 35.2 Å². The Kier molecular flexibility index (Phi) is 5.08. The van der Waals surface area contributed by atoms with Gasteiger partial charge in [-0.25, -0.2) is 4.68 Å². The van der Waals surface area contributed by atoms with Crippen LogP contribution in [0.1, 0.15) is 12.5 Å². The number of hydrogen-bond donors (Lipinski definition) is 1. The zero-order valence-electron chi connectivity index (χ0n) is 13.2. The van der Waals surface area contributed by atoms with Crippen molar-refractivity contribution in [2.75, 3.05) is 6.54 Å². The zero-order chi connectivity index (χ0) is 16.9. The molecule has 2 heterocycles. The van der Waals surface area contributed by atoms with Crippen molar-refractivity contribution in [1.29, 1.82) is 0 Å². The van der Waals surface area contributed by atoms with Gasteiger partial charge in [-0.1, -0.05) is 24.3 Å². The van der Waals surface area contributed by atoms with Crippen LogP contribution in [-0.4, -0.2) is 22.0 Å². The van der Waals surface area contributed by atoms with Crippen molar-refractivity contribution in [3.05, 3.63) is 70.2 Å². The third-order valence-corrected chi connectivity index (χ3v) is 5.10. The van der Waals surface area contributed by atoms with Gasteiger partial charge < -0.3 is 5.11 Å². The molecule has 2 aromatic heterocycles. The van der Waals surface area contributed by atoms with Crippen LogP contribution in [0, 0.1) is 0 Å². The molecule has 0 aliphatic heterocycles. The standard InChI is InChI=1S/C18H17N3OS2/c1-3-10-19-18-21(15(12-24-18)17-9-6-11-23-17)20-13(2)14-7-4-5-8-16(14)22/h3-9,11-12,22H,1,10H2,2H3. The number of nitrogens with zero attached hydrogens (tertiary/aromatic N) is 3. The Morgan fingerprint density at radius 3 is 2.79 bits per heavy atom. The molecule has 1 aromatic carbocycles. The van der Waals surface area contributed by atoms with Gasteiger partial charge in [0.15, 0.2) is 0 Å². The quantitative estimate of drug-likeness (QED) is 0.537. The highest BCUT2D eigenvalue weighted by molar-refractivity contribution is 7.14. The predicted octanol–water partition coefficient (Wildman–Crippen LogP) is 4.34. The third kappa shape index (κ3) is 3.39. The van der Waals surface area contributed by atoms with Gasteiger partial charge in [0.25, 0.3) is 0 Å². The van der Waals surface area contributed by atoms with E-state index in [1.54, 1.807) is 40.9 Å². The molecule has 0 aliphatic carbocycles. The molecule has 3 rings (SSSR count). The van der Waals surface area contributed by atoms with Crippen molar-refractivity contribution in [2.24, 2.45) is 10.1 Å². The summed E-state index contributed by atoms with van der Waals surface area (Å²) in [6.07, 6.45) is 1.76. The first-order valence-corrected chi connectivity index (χ1v) is 9.16. The lowest BCUT2D eigenvalue weighted by atomic mass is 10.1. The molecule has 0 spiro atoms. The minimum Gasteiger partial charge on any atom is -0.507 e. The molecule has 1 N–H and O–H groups in total. The van der Waals surface area contributed by atoms with Gasteiger partial charge in [0, 0.05) is 10.9 Å². The third-order valence-electron chi connectivity index (χ3n) is 3.36. The Labute approximate surface area is 148 Å². The number of phenols is 1. The largest absolute Gasteiger partial charge is 0.507 e. The van der Waals surface area contributed by atoms with E-state index in [4.69, 9.17) is 5.10 Å². The first-order chi connectivity index (χ1) is 11.7. The van der Waals surface area contributed by atoms with Gasteiger partial charge in [-0.15, -0.1) is 29.3 Å². The lowest BCUT2D eigenvalue weighted by molar-refractivity contribution is 0.474. The van der Waals surface area contributed by atoms with Crippen LogP contribution >= 0.6 is 22.7 Å². The molecule has 0 saturated heterocycles. The van der Waals surface area contributed by atoms with Crippen molar-refractivity contribution in [3.63, 3.8) is 0 Å². The lowest BCUT2D eigenvalue weighted by Gasteiger charge is -2.06. The molecule has 0 fully saturated rings. The van der Waals surface area contributed by atoms with Gasteiger partial charge in [-0.2, -0.15) is 5.10 Å². The van der Waals surface area contributed by atoms with E-state index >= 15 is 0 Å². The van der Waals surface area contributed by atoms with Crippen molar-refractivity contribution >= 4 is 28.4 Å². The van der Waals surface area contributed by atoms with Crippen LogP contribution in [0.4, 0.5) is 0 Å². The first kappa shape index (κ1) is 16.4. The van der Waals surface area contributed by atoms with Gasteiger partial charge in [0.2, 0.25) is 4.80 Å². The van der Waals surface area contributed by atoms with Crippen LogP contribution in [0.3, 0.4) is 0 Å². The molecule has 122 valence electrons. The normalized spacial score (nSPS) is 12.5. The maximum atomic E-state index is 10.1. The van der Waals surface area contributed by atoms with Gasteiger partial charge in [0.1, 0.15) is 5.75 Å². The second kappa shape index (κ2) is 7.42. The number of para-hydroxylation sites is 1. The second-order valence-electron chi connectivity index (χ2n) is 5.02. The number of hydrogen-bond acceptors (Lipinski definition) is 5. The minimum atomic E-state index is 0.219. The Balaban J connectivity index is 2.15. The van der Waals surface area contributed by atoms with Crippen LogP contribution in [0.5, 0.6) is 5.75 Å². The molecular formula is C18H17N3OS2. The highest BCUT2D eigenvalue weighted by Crippen LogP contribution is 2.25. The highest BCUT2D eigenvalue weighted by atomic mass is 32.1. The Morgan fingerprint density at radius 2 is 2.08 bits per heavy atom. The van der Waals surface area contributed by atoms with Crippen molar-refractivity contribution < 1.29 is 5.11 Å². The molecule has 0 radical (unpaired) electrons. The summed E-state index contributed by atoms with van der Waals surface area (Å²) in [5, 5.41) is 18.9. The Bertz CT molecular complexity index is 933. The van der Waals surface area contributed by atoms with Gasteiger partial charge >= 0.3 is 0 Å². The van der Waals surface area contributed by atoms with Gasteiger partial charge in [-0.05, 0) is 30.5 Å². The van der Waals surface area contributed by atoms with E-state index in [0.29, 0.717) is 12.1 Å². The van der Waals surface area contributed by atoms with Crippen LogP contribution < -0.4 is 4.80 Å². The van der Waals surface area contributed by atoms with Gasteiger partial charge in [-0.3, -0.25) is 4.99 Å². The summed E-state index contributed by atoms with van der Waals surface area (Å²) >= 11 is 3.20. The summed E-state index contributed by atoms with van der Waals surface area (Å²) in [6.45, 7) is 6.14. The van der Waals surface area contributed by atoms with E-state index in [1.165, 1.54) is 0 Å². The minimum absolute atomic E-state index is 0.219. The SMILES string of the molecule is C=CCN=c1scc(-c2cccs2)n1N=C(C)c1ccccc1O. The van der Waals surface area contributed by atoms with E-state index in [9.17, 15) is 5.11 Å². The lowest BCUT2D eigenvalue weighted by Crippen LogP contribution is -2.14. The number of phenolic OH excluding ortho intramolecular Hbond substituents is 1. The van der Waals surface area contributed by atoms with Crippen LogP contribution in [0.15, 0.2) is 69.9 Å². The number of thiazole rings is 1. The number of benzene rings is 1. The summed E-state index contributed by atoms with van der Waals surface area (Å²) < 4.78 is 1.84. The number of thiophene rings is 1. The summed E-state index contributed by atoms with van der Waals surface area (Å²) in [5.41, 5.74) is 2.43. The topological polar surface area (TPSA) is 49.9 Å². The fraction of sp³-hybridized carbons (Fsp3) is 0.111. The molecule has 0 aliphatic rings. The van der Waals surface area contributed by atoms with E-state index in [2.05, 4.69) is 23.0 Å². The zero-order valence-corrected chi connectivity index (χ0v) is 14.8. The highest BCUT2D eigenvalue weighted by Gasteiger charge is 2.10. The smallest absolute Gasteiger partial charge is 0.206 e. The van der Waals surface area contributed by atoms with Gasteiger partial charge in [0.05, 0.1) is 22.8 Å².